The number of ether oxygens (including phenoxy) is 5. The molecule has 10 aliphatic heterocycles. The van der Waals surface area contributed by atoms with Crippen LogP contribution in [0.1, 0.15) is 104 Å². The summed E-state index contributed by atoms with van der Waals surface area (Å²) in [5, 5.41) is 19.4. The van der Waals surface area contributed by atoms with Crippen molar-refractivity contribution in [2.24, 2.45) is 27.7 Å². The highest BCUT2D eigenvalue weighted by molar-refractivity contribution is 7.96. The van der Waals surface area contributed by atoms with Gasteiger partial charge in [-0.1, -0.05) is 60.8 Å². The van der Waals surface area contributed by atoms with Crippen LogP contribution >= 0.6 is 0 Å². The molecule has 25 rings (SSSR count). The molecule has 10 aromatic rings. The fourth-order valence-electron chi connectivity index (χ4n) is 21.5. The Hall–Kier alpha value is -11.7. The highest BCUT2D eigenvalue weighted by Gasteiger charge is 2.49. The van der Waals surface area contributed by atoms with Gasteiger partial charge in [-0.15, -0.1) is 0 Å². The van der Waals surface area contributed by atoms with E-state index in [0.717, 1.165) is 181 Å². The molecule has 6 atom stereocenters. The molecule has 0 saturated carbocycles. The number of anilines is 5. The van der Waals surface area contributed by atoms with Gasteiger partial charge in [-0.05, 0) is 102 Å². The number of hydrogen-bond donors (Lipinski definition) is 2. The second-order valence-corrected chi connectivity index (χ2v) is 52.9. The summed E-state index contributed by atoms with van der Waals surface area (Å²) in [6.45, 7) is 22.4. The number of rotatable bonds is 16. The van der Waals surface area contributed by atoms with Crippen LogP contribution in [-0.2, 0) is 104 Å². The molecule has 0 aromatic carbocycles. The third-order valence-electron chi connectivity index (χ3n) is 28.8. The molecule has 0 radical (unpaired) electrons. The Kier molecular flexibility index (Phi) is 29.7. The van der Waals surface area contributed by atoms with Gasteiger partial charge in [0.1, 0.15) is 6.17 Å². The summed E-state index contributed by atoms with van der Waals surface area (Å²) in [5.74, 6) is -4.94. The molecule has 10 saturated heterocycles. The summed E-state index contributed by atoms with van der Waals surface area (Å²) >= 11 is 0. The lowest BCUT2D eigenvalue weighted by molar-refractivity contribution is 0.0305. The van der Waals surface area contributed by atoms with E-state index in [1.54, 1.807) is 37.6 Å². The molecule has 15 aliphatic rings. The van der Waals surface area contributed by atoms with E-state index in [2.05, 4.69) is 170 Å². The first-order valence-electron chi connectivity index (χ1n) is 50.9. The highest BCUT2D eigenvalue weighted by atomic mass is 32.2. The van der Waals surface area contributed by atoms with Crippen molar-refractivity contribution in [2.75, 3.05) is 187 Å². The number of pyridine rings is 10. The summed E-state index contributed by atoms with van der Waals surface area (Å²) in [5.41, 5.74) is 22.7. The smallest absolute Gasteiger partial charge is 0.272 e. The maximum atomic E-state index is 13.8. The monoisotopic (exact) mass is 2140 g/mol. The Morgan fingerprint density at radius 3 is 0.833 bits per heavy atom. The van der Waals surface area contributed by atoms with Crippen molar-refractivity contribution in [1.29, 1.82) is 0 Å². The first-order chi connectivity index (χ1) is 72.0. The Morgan fingerprint density at radius 2 is 0.600 bits per heavy atom. The number of fused-ring (bicyclic) bond motifs is 5. The van der Waals surface area contributed by atoms with Gasteiger partial charge in [0, 0.05) is 277 Å². The highest BCUT2D eigenvalue weighted by Crippen LogP contribution is 2.45. The predicted octanol–water partition coefficient (Wildman–Crippen LogP) is 16.6. The zero-order valence-corrected chi connectivity index (χ0v) is 88.4. The Balaban J connectivity index is 0.000000109. The number of aliphatic hydroxyl groups is 2. The summed E-state index contributed by atoms with van der Waals surface area (Å²) < 4.78 is 182. The normalized spacial score (nSPS) is 27.3. The molecular weight excluding hydrogens is 2020 g/mol. The summed E-state index contributed by atoms with van der Waals surface area (Å²) in [4.78, 5) is 57.0. The van der Waals surface area contributed by atoms with E-state index in [-0.39, 0.29) is 83.1 Å². The van der Waals surface area contributed by atoms with E-state index in [4.69, 9.17) is 38.6 Å². The van der Waals surface area contributed by atoms with Crippen molar-refractivity contribution >= 4 is 137 Å². The first kappa shape index (κ1) is 104. The molecular formula is C108H121F5N20O12S5. The SMILES string of the molecule is C[C@@H]1COCCN1c1cc(N=S2(=O)CC(C)(O)C2)nc(-c2ccnc3c2C=CC3)c1.C[C@@H]1COCCN1c1cc(N=S2(=O)CC(CO)C2)nc(-c2ccnc3c2C=CC3)c1.C[C@@H]1COCCN1c1cc(N=S2(=O)CC(F)(F)C2)nc(-c2ccnc3c2C=CC3)c1.C[C@@H]1COCCN1c1cc(N=S2(=O)CC(F)C2)nc(-c2ccnc3c2C=CC3)c1.C[C@@H]1COCCN1c1cc(N=S2(=O)CCC(F)(F)C2)nc(-c2ccnc3c2C=CC3)c1. The first-order valence-corrected chi connectivity index (χ1v) is 60.2. The summed E-state index contributed by atoms with van der Waals surface area (Å²) in [7, 11) is -13.4. The molecule has 150 heavy (non-hydrogen) atoms. The zero-order chi connectivity index (χ0) is 104. The number of allylic oxidation sites excluding steroid dienone is 5. The van der Waals surface area contributed by atoms with E-state index in [1.807, 2.05) is 97.4 Å². The number of aromatic nitrogens is 10. The molecule has 0 amide bonds. The van der Waals surface area contributed by atoms with Crippen molar-refractivity contribution in [2.45, 2.75) is 134 Å². The van der Waals surface area contributed by atoms with E-state index >= 15 is 0 Å². The van der Waals surface area contributed by atoms with Crippen LogP contribution in [0.5, 0.6) is 0 Å². The maximum absolute atomic E-state index is 13.8. The third kappa shape index (κ3) is 23.3. The number of aliphatic hydroxyl groups excluding tert-OH is 1. The molecule has 1 unspecified atom stereocenters. The standard InChI is InChI=1S/C22H24F2N4O2S.2C22H26N4O3S.C21H22F2N4O2S.C21H23FN4O2S/c1-15-13-30-9-8-28(15)16-11-20(18-5-7-25-19-4-2-3-17(18)19)26-21(12-16)27-31(29)10-6-22(23,24)14-31;1-15-12-29-9-8-26(15)16-10-20(18-6-7-23-19-5-3-4-17(18)19)24-21(11-16)25-30(28)13-22(2,27)14-30;1-15-12-29-8-7-26(15)17-9-21(19-5-6-23-20-4-2-3-18(19)20)24-22(10-17)25-30(28)13-16(11-27)14-30;1-14-11-29-8-7-27(14)15-9-19(17-5-6-24-18-4-2-3-16(17)18)25-20(10-15)26-30(28)12-21(22,23)13-30;1-14-11-28-8-7-26(14)16-9-20(18-5-6-23-19-4-2-3-17(18)19)24-21(10-16)25-29(27)12-15(22)13-29/h2-3,5,7,11-12,15H,4,6,8-10,13-14H2,1H3;3-4,6-7,10-11,15,27H,5,8-9,12-14H2,1-2H3;2-3,5-6,9-10,15-16,27H,4,7-8,11-14H2,1H3;2-3,5-6,9-10,14H,4,7-8,11-13H2,1H3;2-3,5-6,9-10,14-15H,4,7-8,11-13H2,1H3/t15-,31?;15-,22?,30?;15-,16?,30?;14-;14-,15?,29?/m11111/s1. The number of halogens is 5. The van der Waals surface area contributed by atoms with Gasteiger partial charge in [0.2, 0.25) is 0 Å². The van der Waals surface area contributed by atoms with E-state index in [1.165, 1.54) is 0 Å². The quantitative estimate of drug-likeness (QED) is 0.0848. The lowest BCUT2D eigenvalue weighted by Gasteiger charge is -2.36. The van der Waals surface area contributed by atoms with Crippen LogP contribution in [0.15, 0.2) is 174 Å². The number of morpholine rings is 5. The Bertz CT molecular complexity index is 7570. The van der Waals surface area contributed by atoms with Gasteiger partial charge in [0.15, 0.2) is 29.1 Å². The second-order valence-electron chi connectivity index (χ2n) is 41.1. The van der Waals surface area contributed by atoms with Crippen molar-refractivity contribution in [3.05, 3.63) is 209 Å². The molecule has 10 aromatic heterocycles. The minimum absolute atomic E-state index is 0.00437. The van der Waals surface area contributed by atoms with E-state index in [0.29, 0.717) is 120 Å². The Morgan fingerprint density at radius 1 is 0.353 bits per heavy atom. The van der Waals surface area contributed by atoms with Gasteiger partial charge in [-0.25, -0.2) is 67.9 Å². The van der Waals surface area contributed by atoms with Gasteiger partial charge in [0.05, 0.1) is 218 Å². The molecule has 5 aliphatic carbocycles. The predicted molar refractivity (Wildman–Crippen MR) is 580 cm³/mol. The lowest BCUT2D eigenvalue weighted by atomic mass is 10.0. The van der Waals surface area contributed by atoms with Crippen LogP contribution in [0.2, 0.25) is 0 Å². The molecule has 0 spiro atoms. The molecule has 2 N–H and O–H groups in total. The Labute approximate surface area is 871 Å². The van der Waals surface area contributed by atoms with Crippen LogP contribution in [-0.4, -0.2) is 298 Å². The number of nitrogens with zero attached hydrogens (tertiary/aromatic N) is 20. The molecule has 10 fully saturated rings. The zero-order valence-electron chi connectivity index (χ0n) is 84.3. The van der Waals surface area contributed by atoms with Gasteiger partial charge in [0.25, 0.3) is 11.8 Å². The van der Waals surface area contributed by atoms with Crippen LogP contribution in [0.25, 0.3) is 86.7 Å². The fraction of sp³-hybridized carbons (Fsp3) is 0.444. The van der Waals surface area contributed by atoms with Crippen molar-refractivity contribution in [3.63, 3.8) is 0 Å². The average Bonchev–Trinajstić information content (AvgIpc) is 1.00. The summed E-state index contributed by atoms with van der Waals surface area (Å²) in [6, 6.07) is 30.0. The maximum Gasteiger partial charge on any atom is 0.272 e. The third-order valence-corrected chi connectivity index (χ3v) is 40.8. The van der Waals surface area contributed by atoms with Crippen LogP contribution in [0.4, 0.5) is 79.5 Å². The molecule has 32 nitrogen and oxygen atoms in total. The minimum atomic E-state index is -3.04. The second kappa shape index (κ2) is 42.7. The number of alkyl halides is 5. The van der Waals surface area contributed by atoms with Gasteiger partial charge >= 0.3 is 0 Å². The van der Waals surface area contributed by atoms with E-state index in [9.17, 15) is 53.2 Å². The largest absolute Gasteiger partial charge is 0.396 e. The lowest BCUT2D eigenvalue weighted by Crippen LogP contribution is -2.52. The molecule has 790 valence electrons. The molecule has 42 heteroatoms. The average molecular weight is 2150 g/mol. The van der Waals surface area contributed by atoms with Crippen LogP contribution in [0, 0.1) is 5.92 Å². The molecule has 20 heterocycles. The van der Waals surface area contributed by atoms with Crippen molar-refractivity contribution in [3.8, 4) is 56.3 Å². The van der Waals surface area contributed by atoms with Crippen LogP contribution < -0.4 is 24.5 Å². The van der Waals surface area contributed by atoms with Crippen molar-refractivity contribution in [1.82, 2.24) is 49.8 Å². The van der Waals surface area contributed by atoms with Crippen molar-refractivity contribution < 1.29 is 76.9 Å². The summed E-state index contributed by atoms with van der Waals surface area (Å²) in [6.07, 6.45) is 32.2. The van der Waals surface area contributed by atoms with Gasteiger partial charge in [-0.3, -0.25) is 24.9 Å². The molecule has 0 bridgehead atoms. The van der Waals surface area contributed by atoms with Crippen LogP contribution in [0.3, 0.4) is 0 Å². The van der Waals surface area contributed by atoms with E-state index < -0.39 is 95.9 Å². The number of hydrogen-bond acceptors (Lipinski definition) is 32. The van der Waals surface area contributed by atoms with Gasteiger partial charge < -0.3 is 58.4 Å². The fourth-order valence-corrected chi connectivity index (χ4v) is 31.7. The van der Waals surface area contributed by atoms with Gasteiger partial charge in [-0.2, -0.15) is 21.8 Å². The minimum Gasteiger partial charge on any atom is -0.396 e. The topological polar surface area (TPSA) is 379 Å².